The molecule has 3 aromatic rings. The number of carbonyl (C=O) groups is 1. The number of fused-ring (bicyclic) bond motifs is 3. The summed E-state index contributed by atoms with van der Waals surface area (Å²) in [5, 5.41) is 11.7. The van der Waals surface area contributed by atoms with Crippen LogP contribution in [0.5, 0.6) is 0 Å². The fraction of sp³-hybridized carbons (Fsp3) is 0.346. The molecule has 164 valence electrons. The molecule has 6 heteroatoms. The van der Waals surface area contributed by atoms with Crippen LogP contribution in [0.4, 0.5) is 0 Å². The van der Waals surface area contributed by atoms with E-state index >= 15 is 0 Å². The summed E-state index contributed by atoms with van der Waals surface area (Å²) in [7, 11) is 2.19. The van der Waals surface area contributed by atoms with E-state index in [0.717, 1.165) is 60.3 Å². The van der Waals surface area contributed by atoms with Crippen molar-refractivity contribution in [3.63, 3.8) is 0 Å². The van der Waals surface area contributed by atoms with Gasteiger partial charge in [-0.05, 0) is 23.6 Å². The van der Waals surface area contributed by atoms with Crippen LogP contribution in [0.15, 0.2) is 67.0 Å². The van der Waals surface area contributed by atoms with Gasteiger partial charge in [0.25, 0.3) is 0 Å². The number of rotatable bonds is 5. The molecule has 1 aliphatic carbocycles. The highest BCUT2D eigenvalue weighted by Crippen LogP contribution is 2.48. The van der Waals surface area contributed by atoms with E-state index in [9.17, 15) is 9.90 Å². The van der Waals surface area contributed by atoms with Crippen LogP contribution >= 0.6 is 0 Å². The largest absolute Gasteiger partial charge is 0.454 e. The Balaban J connectivity index is 1.34. The molecule has 1 N–H and O–H groups in total. The van der Waals surface area contributed by atoms with Crippen LogP contribution in [0.25, 0.3) is 11.1 Å². The summed E-state index contributed by atoms with van der Waals surface area (Å²) >= 11 is 0. The minimum atomic E-state index is -1.77. The van der Waals surface area contributed by atoms with Gasteiger partial charge in [-0.25, -0.2) is 14.8 Å². The van der Waals surface area contributed by atoms with Crippen molar-refractivity contribution < 1.29 is 19.1 Å². The number of ether oxygens (including phenoxy) is 1. The molecular weight excluding hydrogens is 402 g/mol. The van der Waals surface area contributed by atoms with E-state index in [1.165, 1.54) is 0 Å². The highest BCUT2D eigenvalue weighted by molar-refractivity contribution is 5.96. The summed E-state index contributed by atoms with van der Waals surface area (Å²) in [4.78, 5) is 22.1. The molecule has 32 heavy (non-hydrogen) atoms. The first-order chi connectivity index (χ1) is 15.5. The Morgan fingerprint density at radius 2 is 1.69 bits per heavy atom. The van der Waals surface area contributed by atoms with Crippen LogP contribution < -0.4 is 0 Å². The van der Waals surface area contributed by atoms with Crippen molar-refractivity contribution in [2.24, 2.45) is 0 Å². The molecule has 1 fully saturated rings. The van der Waals surface area contributed by atoms with Crippen LogP contribution in [-0.4, -0.2) is 58.3 Å². The Morgan fingerprint density at radius 3 is 2.34 bits per heavy atom. The number of aliphatic hydroxyl groups is 1. The molecule has 0 spiro atoms. The summed E-state index contributed by atoms with van der Waals surface area (Å²) in [6.07, 6.45) is 5.85. The Labute approximate surface area is 188 Å². The number of likely N-dealkylation sites (N-methyl/N-ethyl adjacent to an activating group) is 1. The van der Waals surface area contributed by atoms with Crippen molar-refractivity contribution in [1.82, 2.24) is 9.97 Å². The maximum absolute atomic E-state index is 13.5. The molecule has 0 radical (unpaired) electrons. The predicted octanol–water partition coefficient (Wildman–Crippen LogP) is 3.09. The third kappa shape index (κ3) is 3.59. The van der Waals surface area contributed by atoms with E-state index in [-0.39, 0.29) is 6.10 Å². The van der Waals surface area contributed by atoms with Crippen molar-refractivity contribution in [1.29, 1.82) is 0 Å². The monoisotopic (exact) mass is 430 g/mol. The van der Waals surface area contributed by atoms with Crippen LogP contribution in [0.2, 0.25) is 0 Å². The average Bonchev–Trinajstić information content (AvgIpc) is 3.09. The minimum absolute atomic E-state index is 0.234. The second-order valence-electron chi connectivity index (χ2n) is 9.14. The third-order valence-electron chi connectivity index (χ3n) is 6.86. The van der Waals surface area contributed by atoms with Gasteiger partial charge in [0.05, 0.1) is 26.6 Å². The number of piperidine rings is 1. The number of benzene rings is 2. The molecule has 1 aliphatic heterocycles. The number of nitrogens with zero attached hydrogens (tertiary/aromatic N) is 3. The summed E-state index contributed by atoms with van der Waals surface area (Å²) < 4.78 is 6.80. The first-order valence-corrected chi connectivity index (χ1v) is 11.2. The predicted molar refractivity (Wildman–Crippen MR) is 121 cm³/mol. The smallest absolute Gasteiger partial charge is 0.348 e. The number of esters is 1. The SMILES string of the molecule is C[N+]1(CCc2ncccn2)CCC[C@@H](OC(=O)C2(O)c3ccccc3-c3ccccc32)C1. The molecule has 0 bridgehead atoms. The van der Waals surface area contributed by atoms with Crippen molar-refractivity contribution in [3.8, 4) is 11.1 Å². The van der Waals surface area contributed by atoms with Crippen LogP contribution in [0, 0.1) is 0 Å². The molecule has 2 atom stereocenters. The lowest BCUT2D eigenvalue weighted by atomic mass is 9.91. The highest BCUT2D eigenvalue weighted by Gasteiger charge is 2.50. The Hall–Kier alpha value is -3.09. The number of hydrogen-bond donors (Lipinski definition) is 1. The number of likely N-dealkylation sites (tertiary alicyclic amines) is 1. The molecule has 5 rings (SSSR count). The zero-order chi connectivity index (χ0) is 22.2. The number of quaternary nitrogens is 1. The number of aromatic nitrogens is 2. The first kappa shape index (κ1) is 20.8. The zero-order valence-corrected chi connectivity index (χ0v) is 18.3. The van der Waals surface area contributed by atoms with Gasteiger partial charge < -0.3 is 14.3 Å². The second kappa shape index (κ2) is 8.11. The fourth-order valence-electron chi connectivity index (χ4n) is 5.17. The average molecular weight is 431 g/mol. The Bertz CT molecular complexity index is 1090. The second-order valence-corrected chi connectivity index (χ2v) is 9.14. The zero-order valence-electron chi connectivity index (χ0n) is 18.3. The molecule has 2 heterocycles. The van der Waals surface area contributed by atoms with Crippen LogP contribution in [-0.2, 0) is 21.6 Å². The summed E-state index contributed by atoms with van der Waals surface area (Å²) in [5.74, 6) is 0.249. The van der Waals surface area contributed by atoms with Gasteiger partial charge in [-0.2, -0.15) is 0 Å². The molecule has 2 aliphatic rings. The standard InChI is InChI=1S/C26H28N3O3/c1-29(17-13-24-27-14-7-15-28-24)16-6-8-19(18-29)32-25(30)26(31)22-11-4-2-9-20(22)21-10-3-5-12-23(21)26/h2-5,7,9-12,14-15,19,31H,6,8,13,16-18H2,1H3/q+1/t19-,29?/m1/s1. The molecule has 0 amide bonds. The van der Waals surface area contributed by atoms with Crippen molar-refractivity contribution in [3.05, 3.63) is 83.9 Å². The summed E-state index contributed by atoms with van der Waals surface area (Å²) in [6, 6.07) is 16.9. The molecule has 1 saturated heterocycles. The van der Waals surface area contributed by atoms with Crippen LogP contribution in [0.3, 0.4) is 0 Å². The van der Waals surface area contributed by atoms with Crippen LogP contribution in [0.1, 0.15) is 29.8 Å². The van der Waals surface area contributed by atoms with Gasteiger partial charge >= 0.3 is 5.97 Å². The first-order valence-electron chi connectivity index (χ1n) is 11.2. The maximum Gasteiger partial charge on any atom is 0.348 e. The molecular formula is C26H28N3O3+. The summed E-state index contributed by atoms with van der Waals surface area (Å²) in [5.41, 5.74) is 1.19. The van der Waals surface area contributed by atoms with E-state index in [1.54, 1.807) is 12.4 Å². The normalized spacial score (nSPS) is 23.2. The minimum Gasteiger partial charge on any atom is -0.454 e. The van der Waals surface area contributed by atoms with Gasteiger partial charge in [0.1, 0.15) is 12.4 Å². The lowest BCUT2D eigenvalue weighted by molar-refractivity contribution is -0.916. The van der Waals surface area contributed by atoms with Gasteiger partial charge in [-0.15, -0.1) is 0 Å². The van der Waals surface area contributed by atoms with E-state index in [0.29, 0.717) is 11.1 Å². The molecule has 2 aromatic carbocycles. The Kier molecular flexibility index (Phi) is 5.27. The molecule has 1 unspecified atom stereocenters. The van der Waals surface area contributed by atoms with Gasteiger partial charge in [-0.3, -0.25) is 0 Å². The van der Waals surface area contributed by atoms with E-state index < -0.39 is 11.6 Å². The lowest BCUT2D eigenvalue weighted by Gasteiger charge is -2.41. The Morgan fingerprint density at radius 1 is 1.06 bits per heavy atom. The fourth-order valence-corrected chi connectivity index (χ4v) is 5.17. The van der Waals surface area contributed by atoms with E-state index in [1.807, 2.05) is 54.6 Å². The van der Waals surface area contributed by atoms with E-state index in [4.69, 9.17) is 4.74 Å². The maximum atomic E-state index is 13.5. The summed E-state index contributed by atoms with van der Waals surface area (Å²) in [6.45, 7) is 2.63. The number of carbonyl (C=O) groups excluding carboxylic acids is 1. The van der Waals surface area contributed by atoms with Gasteiger partial charge in [0, 0.05) is 29.9 Å². The third-order valence-corrected chi connectivity index (χ3v) is 6.86. The highest BCUT2D eigenvalue weighted by atomic mass is 16.6. The van der Waals surface area contributed by atoms with Crippen molar-refractivity contribution >= 4 is 5.97 Å². The molecule has 0 saturated carbocycles. The van der Waals surface area contributed by atoms with Gasteiger partial charge in [0.2, 0.25) is 5.60 Å². The van der Waals surface area contributed by atoms with Crippen molar-refractivity contribution in [2.45, 2.75) is 31.0 Å². The molecule has 6 nitrogen and oxygen atoms in total. The van der Waals surface area contributed by atoms with Gasteiger partial charge in [-0.1, -0.05) is 48.5 Å². The van der Waals surface area contributed by atoms with Gasteiger partial charge in [0.15, 0.2) is 6.10 Å². The lowest BCUT2D eigenvalue weighted by Crippen LogP contribution is -2.55. The van der Waals surface area contributed by atoms with Crippen molar-refractivity contribution in [2.75, 3.05) is 26.7 Å². The topological polar surface area (TPSA) is 72.3 Å². The quantitative estimate of drug-likeness (QED) is 0.498. The number of hydrogen-bond acceptors (Lipinski definition) is 5. The van der Waals surface area contributed by atoms with E-state index in [2.05, 4.69) is 17.0 Å². The molecule has 1 aromatic heterocycles.